The Morgan fingerprint density at radius 1 is 1.21 bits per heavy atom. The molecule has 1 aromatic heterocycles. The first-order valence-corrected chi connectivity index (χ1v) is 16.1. The molecule has 2 saturated heterocycles. The highest BCUT2D eigenvalue weighted by molar-refractivity contribution is 9.11. The normalized spacial score (nSPS) is 23.4. The third-order valence-electron chi connectivity index (χ3n) is 6.79. The van der Waals surface area contributed by atoms with Crippen LogP contribution in [0.15, 0.2) is 40.2 Å². The van der Waals surface area contributed by atoms with Crippen molar-refractivity contribution >= 4 is 48.9 Å². The van der Waals surface area contributed by atoms with Crippen LogP contribution in [0.25, 0.3) is 0 Å². The van der Waals surface area contributed by atoms with Crippen molar-refractivity contribution < 1.29 is 32.3 Å². The highest BCUT2D eigenvalue weighted by Gasteiger charge is 2.50. The van der Waals surface area contributed by atoms with Gasteiger partial charge in [-0.25, -0.2) is 18.7 Å². The van der Waals surface area contributed by atoms with Crippen LogP contribution in [-0.4, -0.2) is 63.5 Å². The number of carbonyl (C=O) groups is 2. The fourth-order valence-corrected chi connectivity index (χ4v) is 8.70. The molecule has 9 nitrogen and oxygen atoms in total. The van der Waals surface area contributed by atoms with Gasteiger partial charge in [-0.3, -0.25) is 9.59 Å². The lowest BCUT2D eigenvalue weighted by atomic mass is 9.97. The summed E-state index contributed by atoms with van der Waals surface area (Å²) in [6, 6.07) is 10.5. The first-order chi connectivity index (χ1) is 18.3. The summed E-state index contributed by atoms with van der Waals surface area (Å²) < 4.78 is 38.3. The number of halogens is 1. The van der Waals surface area contributed by atoms with Crippen molar-refractivity contribution in [2.75, 3.05) is 32.1 Å². The van der Waals surface area contributed by atoms with E-state index in [1.807, 2.05) is 6.92 Å². The molecule has 12 heteroatoms. The largest absolute Gasteiger partial charge is 0.493 e. The molecule has 1 aromatic carbocycles. The molecular formula is C26H33BrN2O7S2. The number of hydrogen-bond acceptors (Lipinski definition) is 8. The molecule has 2 aromatic rings. The number of sulfone groups is 1. The van der Waals surface area contributed by atoms with Crippen molar-refractivity contribution in [1.82, 2.24) is 10.4 Å². The summed E-state index contributed by atoms with van der Waals surface area (Å²) in [5.74, 6) is -0.643. The minimum atomic E-state index is -3.86. The van der Waals surface area contributed by atoms with E-state index in [2.05, 4.69) is 21.4 Å². The number of benzene rings is 1. The van der Waals surface area contributed by atoms with Crippen molar-refractivity contribution in [3.8, 4) is 5.75 Å². The maximum absolute atomic E-state index is 13.9. The average molecular weight is 630 g/mol. The summed E-state index contributed by atoms with van der Waals surface area (Å²) >= 11 is 4.71. The van der Waals surface area contributed by atoms with E-state index in [-0.39, 0.29) is 37.6 Å². The molecule has 2 aliphatic rings. The minimum absolute atomic E-state index is 0.0195. The smallest absolute Gasteiger partial charge is 0.257 e. The van der Waals surface area contributed by atoms with E-state index in [9.17, 15) is 18.0 Å². The Morgan fingerprint density at radius 3 is 2.74 bits per heavy atom. The van der Waals surface area contributed by atoms with Gasteiger partial charge in [0.05, 0.1) is 28.1 Å². The minimum Gasteiger partial charge on any atom is -0.493 e. The Morgan fingerprint density at radius 2 is 2.03 bits per heavy atom. The summed E-state index contributed by atoms with van der Waals surface area (Å²) in [5, 5.41) is 0. The van der Waals surface area contributed by atoms with E-state index in [0.29, 0.717) is 35.8 Å². The molecule has 2 amide bonds. The van der Waals surface area contributed by atoms with Gasteiger partial charge in [-0.15, -0.1) is 11.3 Å². The lowest BCUT2D eigenvalue weighted by molar-refractivity contribution is -0.200. The van der Waals surface area contributed by atoms with Crippen LogP contribution in [0.2, 0.25) is 0 Å². The summed E-state index contributed by atoms with van der Waals surface area (Å²) in [7, 11) is -3.86. The number of para-hydroxylation sites is 1. The zero-order chi connectivity index (χ0) is 27.2. The van der Waals surface area contributed by atoms with Crippen LogP contribution < -0.4 is 10.2 Å². The second-order valence-corrected chi connectivity index (χ2v) is 14.3. The predicted molar refractivity (Wildman–Crippen MR) is 148 cm³/mol. The van der Waals surface area contributed by atoms with Gasteiger partial charge in [-0.1, -0.05) is 19.1 Å². The first-order valence-electron chi connectivity index (χ1n) is 12.8. The third-order valence-corrected chi connectivity index (χ3v) is 11.2. The molecule has 0 spiro atoms. The van der Waals surface area contributed by atoms with Crippen LogP contribution >= 0.6 is 27.3 Å². The molecule has 3 heterocycles. The van der Waals surface area contributed by atoms with Crippen molar-refractivity contribution in [3.05, 3.63) is 50.6 Å². The van der Waals surface area contributed by atoms with Crippen LogP contribution in [0.4, 0.5) is 0 Å². The first kappa shape index (κ1) is 29.0. The number of carbonyl (C=O) groups excluding carboxylic acids is 2. The standard InChI is InChI=1S/C26H33BrN2O7S2/c1-2-15-34-20-8-4-3-7-19(20)25(31)29-13-12-26(38(32,33)17-14-29,21-10-11-22(27)37-21)18-23(30)28-36-24-9-5-6-16-35-24/h3-4,7-8,10-11,24H,2,5-6,9,12-18H2,1H3,(H,28,30). The topological polar surface area (TPSA) is 111 Å². The van der Waals surface area contributed by atoms with Crippen LogP contribution in [0.3, 0.4) is 0 Å². The molecule has 2 atom stereocenters. The fraction of sp³-hybridized carbons (Fsp3) is 0.538. The Hall–Kier alpha value is -1.99. The molecule has 38 heavy (non-hydrogen) atoms. The number of nitrogens with one attached hydrogen (secondary N) is 1. The van der Waals surface area contributed by atoms with Gasteiger partial charge in [0.15, 0.2) is 16.1 Å². The van der Waals surface area contributed by atoms with E-state index in [4.69, 9.17) is 14.3 Å². The lowest BCUT2D eigenvalue weighted by Gasteiger charge is -2.31. The number of rotatable bonds is 9. The Balaban J connectivity index is 1.57. The molecule has 1 N–H and O–H groups in total. The molecule has 2 fully saturated rings. The zero-order valence-electron chi connectivity index (χ0n) is 21.3. The number of hydroxylamine groups is 1. The molecule has 4 rings (SSSR count). The van der Waals surface area contributed by atoms with Gasteiger partial charge in [-0.05, 0) is 65.9 Å². The van der Waals surface area contributed by atoms with E-state index >= 15 is 0 Å². The Kier molecular flexibility index (Phi) is 9.85. The van der Waals surface area contributed by atoms with Crippen LogP contribution in [-0.2, 0) is 29.0 Å². The van der Waals surface area contributed by atoms with Crippen molar-refractivity contribution in [2.24, 2.45) is 0 Å². The highest BCUT2D eigenvalue weighted by atomic mass is 79.9. The van der Waals surface area contributed by atoms with Gasteiger partial charge in [0.1, 0.15) is 10.5 Å². The van der Waals surface area contributed by atoms with Gasteiger partial charge < -0.3 is 14.4 Å². The summed E-state index contributed by atoms with van der Waals surface area (Å²) in [6.45, 7) is 3.19. The number of hydrogen-bond donors (Lipinski definition) is 1. The molecule has 0 bridgehead atoms. The van der Waals surface area contributed by atoms with Crippen molar-refractivity contribution in [2.45, 2.75) is 56.5 Å². The predicted octanol–water partition coefficient (Wildman–Crippen LogP) is 4.42. The van der Waals surface area contributed by atoms with Gasteiger partial charge in [0.2, 0.25) is 5.91 Å². The number of thiophene rings is 1. The van der Waals surface area contributed by atoms with Crippen LogP contribution in [0.1, 0.15) is 60.7 Å². The maximum Gasteiger partial charge on any atom is 0.257 e. The van der Waals surface area contributed by atoms with E-state index in [1.165, 1.54) is 11.3 Å². The van der Waals surface area contributed by atoms with Gasteiger partial charge in [0, 0.05) is 31.0 Å². The van der Waals surface area contributed by atoms with Gasteiger partial charge in [-0.2, -0.15) is 0 Å². The SMILES string of the molecule is CCCOc1ccccc1C(=O)N1CCC(CC(=O)NOC2CCCCO2)(c2ccc(Br)s2)S(=O)(=O)CC1. The van der Waals surface area contributed by atoms with E-state index < -0.39 is 26.8 Å². The molecule has 2 unspecified atom stereocenters. The molecule has 0 radical (unpaired) electrons. The summed E-state index contributed by atoms with van der Waals surface area (Å²) in [6.07, 6.45) is 2.51. The lowest BCUT2D eigenvalue weighted by Crippen LogP contribution is -2.43. The molecule has 0 aliphatic carbocycles. The third kappa shape index (κ3) is 6.59. The Labute approximate surface area is 235 Å². The van der Waals surface area contributed by atoms with Gasteiger partial charge >= 0.3 is 0 Å². The monoisotopic (exact) mass is 628 g/mol. The van der Waals surface area contributed by atoms with Crippen molar-refractivity contribution in [3.63, 3.8) is 0 Å². The van der Waals surface area contributed by atoms with E-state index in [0.717, 1.165) is 23.0 Å². The zero-order valence-corrected chi connectivity index (χ0v) is 24.5. The van der Waals surface area contributed by atoms with Crippen molar-refractivity contribution in [1.29, 1.82) is 0 Å². The molecule has 2 aliphatic heterocycles. The second-order valence-electron chi connectivity index (χ2n) is 9.42. The Bertz CT molecular complexity index is 1230. The van der Waals surface area contributed by atoms with Crippen LogP contribution in [0, 0.1) is 0 Å². The maximum atomic E-state index is 13.9. The molecule has 0 saturated carbocycles. The average Bonchev–Trinajstić information content (AvgIpc) is 3.31. The number of ether oxygens (including phenoxy) is 2. The highest BCUT2D eigenvalue weighted by Crippen LogP contribution is 2.44. The summed E-state index contributed by atoms with van der Waals surface area (Å²) in [5.41, 5.74) is 2.81. The number of nitrogens with zero attached hydrogens (tertiary/aromatic N) is 1. The summed E-state index contributed by atoms with van der Waals surface area (Å²) in [4.78, 5) is 34.1. The number of amides is 2. The molecular weight excluding hydrogens is 596 g/mol. The second kappa shape index (κ2) is 12.9. The molecule has 208 valence electrons. The van der Waals surface area contributed by atoms with E-state index in [1.54, 1.807) is 41.3 Å². The van der Waals surface area contributed by atoms with Crippen LogP contribution in [0.5, 0.6) is 5.75 Å². The quantitative estimate of drug-likeness (QED) is 0.409. The van der Waals surface area contributed by atoms with Gasteiger partial charge in [0.25, 0.3) is 5.91 Å². The fourth-order valence-electron chi connectivity index (χ4n) is 4.72.